The van der Waals surface area contributed by atoms with Crippen LogP contribution in [0, 0.1) is 5.92 Å². The minimum absolute atomic E-state index is 0.241. The Balaban J connectivity index is 1.64. The molecule has 1 amide bonds. The van der Waals surface area contributed by atoms with Crippen molar-refractivity contribution >= 4 is 11.7 Å². The van der Waals surface area contributed by atoms with Crippen molar-refractivity contribution in [2.45, 2.75) is 20.3 Å². The van der Waals surface area contributed by atoms with Gasteiger partial charge in [-0.15, -0.1) is 0 Å². The fourth-order valence-electron chi connectivity index (χ4n) is 2.63. The molecule has 0 aromatic carbocycles. The van der Waals surface area contributed by atoms with Gasteiger partial charge in [0.1, 0.15) is 24.8 Å². The molecule has 3 heterocycles. The molecule has 3 rings (SSSR count). The molecule has 0 N–H and O–H groups in total. The van der Waals surface area contributed by atoms with E-state index >= 15 is 0 Å². The first-order valence-corrected chi connectivity index (χ1v) is 7.83. The van der Waals surface area contributed by atoms with Crippen molar-refractivity contribution in [1.82, 2.24) is 29.6 Å². The standard InChI is InChI=1S/C15H21N7O/c1-12(2)7-15(23)21-5-3-20(4-6-21)13-8-14(18-10-17-13)22-11-16-9-19-22/h8-12H,3-7H2,1-2H3. The first kappa shape index (κ1) is 15.4. The second kappa shape index (κ2) is 6.72. The van der Waals surface area contributed by atoms with E-state index in [1.165, 1.54) is 12.7 Å². The number of carbonyl (C=O) groups excluding carboxylic acids is 1. The normalized spacial score (nSPS) is 15.3. The van der Waals surface area contributed by atoms with Gasteiger partial charge in [-0.05, 0) is 5.92 Å². The highest BCUT2D eigenvalue weighted by Gasteiger charge is 2.22. The summed E-state index contributed by atoms with van der Waals surface area (Å²) in [5.74, 6) is 2.17. The molecule has 23 heavy (non-hydrogen) atoms. The quantitative estimate of drug-likeness (QED) is 0.828. The Morgan fingerprint density at radius 3 is 2.52 bits per heavy atom. The van der Waals surface area contributed by atoms with Crippen molar-refractivity contribution in [3.8, 4) is 5.82 Å². The van der Waals surface area contributed by atoms with Crippen LogP contribution in [-0.4, -0.2) is 61.7 Å². The summed E-state index contributed by atoms with van der Waals surface area (Å²) in [6.45, 7) is 7.15. The Bertz CT molecular complexity index is 648. The molecule has 0 spiro atoms. The predicted molar refractivity (Wildman–Crippen MR) is 85.2 cm³/mol. The van der Waals surface area contributed by atoms with Gasteiger partial charge in [-0.2, -0.15) is 5.10 Å². The van der Waals surface area contributed by atoms with Crippen molar-refractivity contribution in [1.29, 1.82) is 0 Å². The Morgan fingerprint density at radius 1 is 1.13 bits per heavy atom. The van der Waals surface area contributed by atoms with Gasteiger partial charge >= 0.3 is 0 Å². The van der Waals surface area contributed by atoms with E-state index in [0.717, 1.165) is 32.0 Å². The van der Waals surface area contributed by atoms with Gasteiger partial charge in [-0.25, -0.2) is 19.6 Å². The molecule has 0 radical (unpaired) electrons. The minimum atomic E-state index is 0.241. The van der Waals surface area contributed by atoms with Gasteiger partial charge in [0.05, 0.1) is 0 Å². The lowest BCUT2D eigenvalue weighted by atomic mass is 10.1. The van der Waals surface area contributed by atoms with Crippen LogP contribution >= 0.6 is 0 Å². The van der Waals surface area contributed by atoms with Gasteiger partial charge in [-0.3, -0.25) is 4.79 Å². The molecule has 2 aromatic heterocycles. The van der Waals surface area contributed by atoms with Crippen LogP contribution in [0.1, 0.15) is 20.3 Å². The molecule has 0 unspecified atom stereocenters. The minimum Gasteiger partial charge on any atom is -0.353 e. The molecule has 0 aliphatic carbocycles. The zero-order valence-corrected chi connectivity index (χ0v) is 13.5. The highest BCUT2D eigenvalue weighted by atomic mass is 16.2. The number of aromatic nitrogens is 5. The molecule has 0 saturated carbocycles. The molecular formula is C15H21N7O. The van der Waals surface area contributed by atoms with Crippen LogP contribution in [0.4, 0.5) is 5.82 Å². The van der Waals surface area contributed by atoms with E-state index in [-0.39, 0.29) is 5.91 Å². The van der Waals surface area contributed by atoms with E-state index in [4.69, 9.17) is 0 Å². The largest absolute Gasteiger partial charge is 0.353 e. The smallest absolute Gasteiger partial charge is 0.222 e. The average molecular weight is 315 g/mol. The maximum Gasteiger partial charge on any atom is 0.222 e. The molecule has 1 fully saturated rings. The summed E-state index contributed by atoms with van der Waals surface area (Å²) in [6.07, 6.45) is 5.22. The Hall–Kier alpha value is -2.51. The summed E-state index contributed by atoms with van der Waals surface area (Å²) in [5.41, 5.74) is 0. The number of nitrogens with zero attached hydrogens (tertiary/aromatic N) is 7. The summed E-state index contributed by atoms with van der Waals surface area (Å²) in [7, 11) is 0. The van der Waals surface area contributed by atoms with Crippen molar-refractivity contribution in [2.75, 3.05) is 31.1 Å². The monoisotopic (exact) mass is 315 g/mol. The van der Waals surface area contributed by atoms with Crippen molar-refractivity contribution < 1.29 is 4.79 Å². The summed E-state index contributed by atoms with van der Waals surface area (Å²) in [6, 6.07) is 1.89. The topological polar surface area (TPSA) is 80.0 Å². The van der Waals surface area contributed by atoms with Gasteiger partial charge in [0.2, 0.25) is 5.91 Å². The zero-order chi connectivity index (χ0) is 16.2. The molecule has 8 nitrogen and oxygen atoms in total. The number of hydrogen-bond acceptors (Lipinski definition) is 6. The number of piperazine rings is 1. The molecule has 0 atom stereocenters. The third-order valence-electron chi connectivity index (χ3n) is 3.83. The summed E-state index contributed by atoms with van der Waals surface area (Å²) < 4.78 is 1.60. The second-order valence-corrected chi connectivity index (χ2v) is 6.04. The summed E-state index contributed by atoms with van der Waals surface area (Å²) in [4.78, 5) is 28.7. The number of amides is 1. The third-order valence-corrected chi connectivity index (χ3v) is 3.83. The molecule has 122 valence electrons. The molecule has 1 saturated heterocycles. The Morgan fingerprint density at radius 2 is 1.87 bits per heavy atom. The number of anilines is 1. The number of hydrogen-bond donors (Lipinski definition) is 0. The number of rotatable bonds is 4. The van der Waals surface area contributed by atoms with Crippen LogP contribution in [0.2, 0.25) is 0 Å². The fourth-order valence-corrected chi connectivity index (χ4v) is 2.63. The van der Waals surface area contributed by atoms with Crippen LogP contribution in [-0.2, 0) is 4.79 Å². The maximum absolute atomic E-state index is 12.1. The first-order chi connectivity index (χ1) is 11.1. The Kier molecular flexibility index (Phi) is 4.50. The predicted octanol–water partition coefficient (Wildman–Crippen LogP) is 0.752. The SMILES string of the molecule is CC(C)CC(=O)N1CCN(c2cc(-n3cncn3)ncn2)CC1. The zero-order valence-electron chi connectivity index (χ0n) is 13.5. The van der Waals surface area contributed by atoms with Crippen LogP contribution in [0.25, 0.3) is 5.82 Å². The molecule has 1 aliphatic rings. The molecule has 2 aromatic rings. The van der Waals surface area contributed by atoms with E-state index in [9.17, 15) is 4.79 Å². The van der Waals surface area contributed by atoms with Gasteiger partial charge in [0.25, 0.3) is 0 Å². The van der Waals surface area contributed by atoms with Gasteiger partial charge in [0.15, 0.2) is 5.82 Å². The van der Waals surface area contributed by atoms with Gasteiger partial charge in [-0.1, -0.05) is 13.8 Å². The third kappa shape index (κ3) is 3.64. The maximum atomic E-state index is 12.1. The lowest BCUT2D eigenvalue weighted by molar-refractivity contribution is -0.132. The molecular weight excluding hydrogens is 294 g/mol. The lowest BCUT2D eigenvalue weighted by Crippen LogP contribution is -2.49. The van der Waals surface area contributed by atoms with E-state index in [1.807, 2.05) is 11.0 Å². The van der Waals surface area contributed by atoms with Crippen LogP contribution in [0.3, 0.4) is 0 Å². The van der Waals surface area contributed by atoms with Crippen molar-refractivity contribution in [3.05, 3.63) is 25.0 Å². The molecule has 8 heteroatoms. The molecule has 1 aliphatic heterocycles. The van der Waals surface area contributed by atoms with Crippen LogP contribution < -0.4 is 4.90 Å². The first-order valence-electron chi connectivity index (χ1n) is 7.83. The highest BCUT2D eigenvalue weighted by molar-refractivity contribution is 5.76. The lowest BCUT2D eigenvalue weighted by Gasteiger charge is -2.35. The number of carbonyl (C=O) groups is 1. The van der Waals surface area contributed by atoms with Crippen molar-refractivity contribution in [2.24, 2.45) is 5.92 Å². The fraction of sp³-hybridized carbons (Fsp3) is 0.533. The van der Waals surface area contributed by atoms with Gasteiger partial charge < -0.3 is 9.80 Å². The second-order valence-electron chi connectivity index (χ2n) is 6.04. The van der Waals surface area contributed by atoms with E-state index in [1.54, 1.807) is 11.0 Å². The average Bonchev–Trinajstić information content (AvgIpc) is 3.09. The summed E-state index contributed by atoms with van der Waals surface area (Å²) in [5, 5.41) is 4.08. The van der Waals surface area contributed by atoms with E-state index < -0.39 is 0 Å². The molecule has 0 bridgehead atoms. The van der Waals surface area contributed by atoms with Crippen LogP contribution in [0.5, 0.6) is 0 Å². The van der Waals surface area contributed by atoms with E-state index in [2.05, 4.69) is 38.8 Å². The van der Waals surface area contributed by atoms with Crippen molar-refractivity contribution in [3.63, 3.8) is 0 Å². The highest BCUT2D eigenvalue weighted by Crippen LogP contribution is 2.16. The Labute approximate surface area is 135 Å². The van der Waals surface area contributed by atoms with Gasteiger partial charge in [0, 0.05) is 38.7 Å². The summed E-state index contributed by atoms with van der Waals surface area (Å²) >= 11 is 0. The van der Waals surface area contributed by atoms with Crippen LogP contribution in [0.15, 0.2) is 25.0 Å². The van der Waals surface area contributed by atoms with E-state index in [0.29, 0.717) is 18.2 Å².